The first kappa shape index (κ1) is 16.0. The molecule has 3 aliphatic rings. The van der Waals surface area contributed by atoms with Crippen molar-refractivity contribution in [3.8, 4) is 0 Å². The second-order valence-electron chi connectivity index (χ2n) is 5.91. The Bertz CT molecular complexity index is 343. The average molecular weight is 305 g/mol. The van der Waals surface area contributed by atoms with E-state index in [1.807, 2.05) is 6.92 Å². The van der Waals surface area contributed by atoms with Crippen LogP contribution in [0, 0.1) is 5.41 Å². The zero-order valence-corrected chi connectivity index (χ0v) is 12.8. The summed E-state index contributed by atoms with van der Waals surface area (Å²) in [7, 11) is 0. The Hall–Kier alpha value is -0.360. The topological polar surface area (TPSA) is 59.6 Å². The van der Waals surface area contributed by atoms with Crippen LogP contribution in [0.3, 0.4) is 0 Å². The molecule has 0 radical (unpaired) electrons. The highest BCUT2D eigenvalue weighted by Crippen LogP contribution is 2.57. The minimum absolute atomic E-state index is 0. The molecule has 6 heteroatoms. The van der Waals surface area contributed by atoms with Gasteiger partial charge in [0, 0.05) is 24.6 Å². The third-order valence-electron chi connectivity index (χ3n) is 4.99. The third kappa shape index (κ3) is 2.69. The highest BCUT2D eigenvalue weighted by molar-refractivity contribution is 5.85. The Kier molecular flexibility index (Phi) is 5.29. The van der Waals surface area contributed by atoms with Crippen LogP contribution in [0.25, 0.3) is 0 Å². The van der Waals surface area contributed by atoms with Gasteiger partial charge in [-0.05, 0) is 26.2 Å². The summed E-state index contributed by atoms with van der Waals surface area (Å²) in [5.41, 5.74) is 0.237. The average Bonchev–Trinajstić information content (AvgIpc) is 2.36. The van der Waals surface area contributed by atoms with Gasteiger partial charge in [0.2, 0.25) is 5.91 Å². The molecule has 1 aliphatic heterocycles. The van der Waals surface area contributed by atoms with E-state index in [9.17, 15) is 4.79 Å². The minimum Gasteiger partial charge on any atom is -0.378 e. The van der Waals surface area contributed by atoms with Crippen LogP contribution in [0.2, 0.25) is 0 Å². The van der Waals surface area contributed by atoms with Crippen molar-refractivity contribution in [1.82, 2.24) is 10.6 Å². The number of halogens is 1. The summed E-state index contributed by atoms with van der Waals surface area (Å²) in [6.45, 7) is 4.76. The van der Waals surface area contributed by atoms with Crippen LogP contribution in [-0.4, -0.2) is 50.5 Å². The lowest BCUT2D eigenvalue weighted by Crippen LogP contribution is -2.69. The first-order valence-corrected chi connectivity index (χ1v) is 7.49. The van der Waals surface area contributed by atoms with Crippen LogP contribution in [0.5, 0.6) is 0 Å². The molecule has 3 atom stereocenters. The SMILES string of the molecule is CCOC1CC(NC(=O)C2COCCN2)C12CCC2.Cl. The van der Waals surface area contributed by atoms with E-state index in [-0.39, 0.29) is 29.8 Å². The first-order valence-electron chi connectivity index (χ1n) is 7.49. The summed E-state index contributed by atoms with van der Waals surface area (Å²) in [6.07, 6.45) is 4.97. The van der Waals surface area contributed by atoms with Gasteiger partial charge in [-0.3, -0.25) is 4.79 Å². The summed E-state index contributed by atoms with van der Waals surface area (Å²) in [6, 6.07) is 0.117. The number of ether oxygens (including phenoxy) is 2. The van der Waals surface area contributed by atoms with Gasteiger partial charge in [-0.15, -0.1) is 12.4 Å². The summed E-state index contributed by atoms with van der Waals surface area (Å²) in [5.74, 6) is 0.0888. The fourth-order valence-corrected chi connectivity index (χ4v) is 3.65. The van der Waals surface area contributed by atoms with E-state index >= 15 is 0 Å². The molecule has 3 rings (SSSR count). The number of hydrogen-bond donors (Lipinski definition) is 2. The largest absolute Gasteiger partial charge is 0.378 e. The van der Waals surface area contributed by atoms with E-state index in [4.69, 9.17) is 9.47 Å². The van der Waals surface area contributed by atoms with Gasteiger partial charge in [-0.2, -0.15) is 0 Å². The Balaban J connectivity index is 0.00000147. The molecular formula is C14H25ClN2O3. The number of amides is 1. The molecule has 2 saturated carbocycles. The van der Waals surface area contributed by atoms with E-state index < -0.39 is 0 Å². The fourth-order valence-electron chi connectivity index (χ4n) is 3.65. The van der Waals surface area contributed by atoms with Gasteiger partial charge in [0.1, 0.15) is 6.04 Å². The molecule has 1 saturated heterocycles. The predicted molar refractivity (Wildman–Crippen MR) is 78.1 cm³/mol. The molecule has 0 aromatic rings. The van der Waals surface area contributed by atoms with E-state index in [0.29, 0.717) is 25.4 Å². The van der Waals surface area contributed by atoms with Crippen LogP contribution >= 0.6 is 12.4 Å². The van der Waals surface area contributed by atoms with Crippen LogP contribution in [0.1, 0.15) is 32.6 Å². The third-order valence-corrected chi connectivity index (χ3v) is 4.99. The quantitative estimate of drug-likeness (QED) is 0.809. The van der Waals surface area contributed by atoms with Crippen molar-refractivity contribution in [3.63, 3.8) is 0 Å². The van der Waals surface area contributed by atoms with Crippen molar-refractivity contribution >= 4 is 18.3 Å². The van der Waals surface area contributed by atoms with Crippen molar-refractivity contribution in [2.24, 2.45) is 5.41 Å². The number of carbonyl (C=O) groups excluding carboxylic acids is 1. The van der Waals surface area contributed by atoms with Gasteiger partial charge in [0.05, 0.1) is 19.3 Å². The Morgan fingerprint density at radius 2 is 2.30 bits per heavy atom. The smallest absolute Gasteiger partial charge is 0.239 e. The Labute approximate surface area is 126 Å². The van der Waals surface area contributed by atoms with Gasteiger partial charge < -0.3 is 20.1 Å². The van der Waals surface area contributed by atoms with Crippen molar-refractivity contribution in [2.45, 2.75) is 50.8 Å². The van der Waals surface area contributed by atoms with E-state index in [1.165, 1.54) is 19.3 Å². The zero-order chi connectivity index (χ0) is 13.3. The summed E-state index contributed by atoms with van der Waals surface area (Å²) in [4.78, 5) is 12.2. The molecule has 116 valence electrons. The maximum absolute atomic E-state index is 12.2. The highest BCUT2D eigenvalue weighted by atomic mass is 35.5. The molecule has 1 spiro atoms. The minimum atomic E-state index is -0.183. The molecule has 3 fully saturated rings. The maximum Gasteiger partial charge on any atom is 0.239 e. The molecule has 0 aromatic heterocycles. The molecule has 2 aliphatic carbocycles. The molecule has 5 nitrogen and oxygen atoms in total. The number of carbonyl (C=O) groups is 1. The number of nitrogens with one attached hydrogen (secondary N) is 2. The Morgan fingerprint density at radius 3 is 2.85 bits per heavy atom. The summed E-state index contributed by atoms with van der Waals surface area (Å²) < 4.78 is 11.1. The van der Waals surface area contributed by atoms with Crippen LogP contribution < -0.4 is 10.6 Å². The van der Waals surface area contributed by atoms with Crippen molar-refractivity contribution in [1.29, 1.82) is 0 Å². The lowest BCUT2D eigenvalue weighted by molar-refractivity contribution is -0.176. The molecular weight excluding hydrogens is 280 g/mol. The van der Waals surface area contributed by atoms with E-state index in [1.54, 1.807) is 0 Å². The molecule has 3 unspecified atom stereocenters. The van der Waals surface area contributed by atoms with Crippen molar-refractivity contribution in [3.05, 3.63) is 0 Å². The molecule has 1 amide bonds. The standard InChI is InChI=1S/C14H24N2O3.ClH/c1-2-19-12-8-11(14(12)4-3-5-14)16-13(17)10-9-18-7-6-15-10;/h10-12,15H,2-9H2,1H3,(H,16,17);1H. The van der Waals surface area contributed by atoms with Gasteiger partial charge >= 0.3 is 0 Å². The van der Waals surface area contributed by atoms with E-state index in [2.05, 4.69) is 10.6 Å². The number of morpholine rings is 1. The van der Waals surface area contributed by atoms with Crippen LogP contribution in [0.4, 0.5) is 0 Å². The second-order valence-corrected chi connectivity index (χ2v) is 5.91. The fraction of sp³-hybridized carbons (Fsp3) is 0.929. The molecule has 0 bridgehead atoms. The van der Waals surface area contributed by atoms with Gasteiger partial charge in [-0.1, -0.05) is 6.42 Å². The van der Waals surface area contributed by atoms with Gasteiger partial charge in [0.15, 0.2) is 0 Å². The molecule has 20 heavy (non-hydrogen) atoms. The highest BCUT2D eigenvalue weighted by Gasteiger charge is 2.59. The van der Waals surface area contributed by atoms with Crippen LogP contribution in [0.15, 0.2) is 0 Å². The maximum atomic E-state index is 12.2. The lowest BCUT2D eigenvalue weighted by Gasteiger charge is -2.61. The molecule has 1 heterocycles. The Morgan fingerprint density at radius 1 is 1.50 bits per heavy atom. The predicted octanol–water partition coefficient (Wildman–Crippen LogP) is 0.860. The summed E-state index contributed by atoms with van der Waals surface area (Å²) >= 11 is 0. The lowest BCUT2D eigenvalue weighted by atomic mass is 9.51. The zero-order valence-electron chi connectivity index (χ0n) is 12.0. The molecule has 2 N–H and O–H groups in total. The molecule has 0 aromatic carbocycles. The normalized spacial score (nSPS) is 34.5. The number of hydrogen-bond acceptors (Lipinski definition) is 4. The number of rotatable bonds is 4. The summed E-state index contributed by atoms with van der Waals surface area (Å²) in [5, 5.41) is 6.41. The van der Waals surface area contributed by atoms with Crippen molar-refractivity contribution < 1.29 is 14.3 Å². The monoisotopic (exact) mass is 304 g/mol. The van der Waals surface area contributed by atoms with Crippen molar-refractivity contribution in [2.75, 3.05) is 26.4 Å². The van der Waals surface area contributed by atoms with Gasteiger partial charge in [-0.25, -0.2) is 0 Å². The second kappa shape index (κ2) is 6.60. The van der Waals surface area contributed by atoms with Gasteiger partial charge in [0.25, 0.3) is 0 Å². The first-order chi connectivity index (χ1) is 9.26. The van der Waals surface area contributed by atoms with Crippen LogP contribution in [-0.2, 0) is 14.3 Å². The van der Waals surface area contributed by atoms with E-state index in [0.717, 1.165) is 19.6 Å².